The lowest BCUT2D eigenvalue weighted by Gasteiger charge is -2.12. The molecule has 5 rings (SSSR count). The van der Waals surface area contributed by atoms with E-state index in [0.29, 0.717) is 11.3 Å². The van der Waals surface area contributed by atoms with Crippen molar-refractivity contribution in [1.29, 1.82) is 5.41 Å². The van der Waals surface area contributed by atoms with Gasteiger partial charge in [-0.25, -0.2) is 26.4 Å². The van der Waals surface area contributed by atoms with Crippen molar-refractivity contribution in [3.63, 3.8) is 0 Å². The molecule has 6 N–H and O–H groups in total. The molecule has 48 heavy (non-hydrogen) atoms. The van der Waals surface area contributed by atoms with Crippen molar-refractivity contribution in [2.24, 2.45) is 5.73 Å². The molecule has 0 unspecified atom stereocenters. The van der Waals surface area contributed by atoms with Gasteiger partial charge < -0.3 is 20.7 Å². The van der Waals surface area contributed by atoms with E-state index >= 15 is 0 Å². The Morgan fingerprint density at radius 2 is 1.46 bits per heavy atom. The van der Waals surface area contributed by atoms with Gasteiger partial charge in [-0.15, -0.1) is 11.3 Å². The Morgan fingerprint density at radius 1 is 0.833 bits per heavy atom. The molecule has 12 nitrogen and oxygen atoms in total. The summed E-state index contributed by atoms with van der Waals surface area (Å²) in [5.41, 5.74) is 5.76. The molecule has 0 saturated carbocycles. The summed E-state index contributed by atoms with van der Waals surface area (Å²) >= 11 is 0.727. The van der Waals surface area contributed by atoms with E-state index in [1.165, 1.54) is 29.6 Å². The van der Waals surface area contributed by atoms with Crippen LogP contribution < -0.4 is 15.2 Å². The van der Waals surface area contributed by atoms with Crippen LogP contribution in [0.2, 0.25) is 0 Å². The largest absolute Gasteiger partial charge is 0.490 e. The van der Waals surface area contributed by atoms with Crippen molar-refractivity contribution >= 4 is 65.4 Å². The Balaban J connectivity index is 0.000000671. The SMILES string of the molecule is N=C(N)c1ccc2cc(Oc3ccc(NS(=O)(=O)c4cc(S(=O)(=O)c5ccccc5)cs4)cc3C(=O)O)ccc2c1.O=C(O)C(F)(F)F. The number of ether oxygens (including phenoxy) is 1. The van der Waals surface area contributed by atoms with Gasteiger partial charge in [0.05, 0.1) is 9.79 Å². The summed E-state index contributed by atoms with van der Waals surface area (Å²) in [5.74, 6) is -3.85. The molecule has 0 atom stereocenters. The number of sulfonamides is 1. The maximum absolute atomic E-state index is 13.0. The number of sulfone groups is 1. The quantitative estimate of drug-likeness (QED) is 0.0892. The van der Waals surface area contributed by atoms with Crippen LogP contribution in [0, 0.1) is 5.41 Å². The smallest absolute Gasteiger partial charge is 0.478 e. The molecule has 0 aliphatic carbocycles. The third-order valence-electron chi connectivity index (χ3n) is 6.24. The molecule has 1 aromatic heterocycles. The Labute approximate surface area is 274 Å². The van der Waals surface area contributed by atoms with Gasteiger partial charge in [0, 0.05) is 16.6 Å². The fourth-order valence-electron chi connectivity index (χ4n) is 3.95. The second-order valence-corrected chi connectivity index (χ2v) is 14.4. The molecular weight excluding hydrogens is 700 g/mol. The molecule has 0 amide bonds. The predicted molar refractivity (Wildman–Crippen MR) is 169 cm³/mol. The maximum Gasteiger partial charge on any atom is 0.490 e. The topological polar surface area (TPSA) is 214 Å². The van der Waals surface area contributed by atoms with Crippen LogP contribution in [0.4, 0.5) is 18.9 Å². The number of fused-ring (bicyclic) bond motifs is 1. The van der Waals surface area contributed by atoms with E-state index in [-0.39, 0.29) is 36.8 Å². The third kappa shape index (κ3) is 8.27. The number of aliphatic carboxylic acids is 1. The Bertz CT molecular complexity index is 2260. The summed E-state index contributed by atoms with van der Waals surface area (Å²) in [6.07, 6.45) is -5.08. The molecule has 0 spiro atoms. The number of alkyl halides is 3. The zero-order valence-corrected chi connectivity index (χ0v) is 26.4. The van der Waals surface area contributed by atoms with Gasteiger partial charge in [-0.2, -0.15) is 13.2 Å². The highest BCUT2D eigenvalue weighted by molar-refractivity contribution is 7.95. The van der Waals surface area contributed by atoms with E-state index in [1.807, 2.05) is 0 Å². The lowest BCUT2D eigenvalue weighted by atomic mass is 10.1. The molecule has 0 bridgehead atoms. The van der Waals surface area contributed by atoms with Gasteiger partial charge in [-0.3, -0.25) is 10.1 Å². The van der Waals surface area contributed by atoms with Gasteiger partial charge in [-0.1, -0.05) is 36.4 Å². The van der Waals surface area contributed by atoms with E-state index in [9.17, 15) is 39.9 Å². The molecule has 18 heteroatoms. The third-order valence-corrected chi connectivity index (χ3v) is 11.0. The number of halogens is 3. The van der Waals surface area contributed by atoms with E-state index in [0.717, 1.165) is 34.2 Å². The summed E-state index contributed by atoms with van der Waals surface area (Å²) in [7, 11) is -8.15. The Hall–Kier alpha value is -5.46. The molecule has 5 aromatic rings. The van der Waals surface area contributed by atoms with Crippen molar-refractivity contribution < 1.29 is 54.5 Å². The van der Waals surface area contributed by atoms with Gasteiger partial charge in [0.2, 0.25) is 9.84 Å². The number of rotatable bonds is 9. The molecule has 0 radical (unpaired) electrons. The van der Waals surface area contributed by atoms with Crippen molar-refractivity contribution in [3.05, 3.63) is 108 Å². The fraction of sp³-hybridized carbons (Fsp3) is 0.0333. The molecule has 0 saturated heterocycles. The van der Waals surface area contributed by atoms with E-state index < -0.39 is 38.0 Å². The number of carboxylic acids is 2. The Morgan fingerprint density at radius 3 is 2.06 bits per heavy atom. The van der Waals surface area contributed by atoms with E-state index in [2.05, 4.69) is 4.72 Å². The minimum absolute atomic E-state index is 0.0208. The maximum atomic E-state index is 13.0. The van der Waals surface area contributed by atoms with Crippen LogP contribution in [0.25, 0.3) is 10.8 Å². The standard InChI is InChI=1S/C28H21N3O7S3.C2HF3O2/c29-27(30)19-7-6-18-13-21(10-8-17(18)12-19)38-25-11-9-20(14-24(25)28(32)33)31-41(36,37)26-15-23(16-39-26)40(34,35)22-4-2-1-3-5-22;3-2(4,5)1(6)7/h1-16,31H,(H3,29,30)(H,32,33);(H,6,7). The first-order valence-electron chi connectivity index (χ1n) is 13.0. The van der Waals surface area contributed by atoms with Crippen LogP contribution in [0.15, 0.2) is 110 Å². The molecule has 0 aliphatic heterocycles. The monoisotopic (exact) mass is 721 g/mol. The van der Waals surface area contributed by atoms with Crippen molar-refractivity contribution in [2.45, 2.75) is 20.2 Å². The number of carboxylic acid groups (broad SMARTS) is 2. The number of nitrogen functional groups attached to an aromatic ring is 1. The van der Waals surface area contributed by atoms with Gasteiger partial charge in [-0.05, 0) is 65.4 Å². The summed E-state index contributed by atoms with van der Waals surface area (Å²) in [6, 6.07) is 22.7. The number of nitrogens with one attached hydrogen (secondary N) is 2. The van der Waals surface area contributed by atoms with Crippen LogP contribution in [-0.4, -0.2) is 51.0 Å². The van der Waals surface area contributed by atoms with Crippen LogP contribution in [0.1, 0.15) is 15.9 Å². The van der Waals surface area contributed by atoms with Crippen molar-refractivity contribution in [2.75, 3.05) is 4.72 Å². The van der Waals surface area contributed by atoms with Gasteiger partial charge in [0.1, 0.15) is 27.1 Å². The van der Waals surface area contributed by atoms with Crippen LogP contribution >= 0.6 is 11.3 Å². The van der Waals surface area contributed by atoms with Crippen LogP contribution in [0.3, 0.4) is 0 Å². The lowest BCUT2D eigenvalue weighted by Crippen LogP contribution is -2.21. The van der Waals surface area contributed by atoms with Crippen LogP contribution in [-0.2, 0) is 24.7 Å². The van der Waals surface area contributed by atoms with Gasteiger partial charge in [0.15, 0.2) is 0 Å². The number of benzene rings is 4. The van der Waals surface area contributed by atoms with E-state index in [1.54, 1.807) is 54.6 Å². The summed E-state index contributed by atoms with van der Waals surface area (Å²) in [6.45, 7) is 0. The highest BCUT2D eigenvalue weighted by Gasteiger charge is 2.38. The average molecular weight is 722 g/mol. The summed E-state index contributed by atoms with van der Waals surface area (Å²) in [5, 5.41) is 27.3. The number of aromatic carboxylic acids is 1. The van der Waals surface area contributed by atoms with Crippen molar-refractivity contribution in [3.8, 4) is 11.5 Å². The predicted octanol–water partition coefficient (Wildman–Crippen LogP) is 5.94. The number of carbonyl (C=O) groups is 2. The van der Waals surface area contributed by atoms with E-state index in [4.69, 9.17) is 25.8 Å². The Kier molecular flexibility index (Phi) is 10.1. The van der Waals surface area contributed by atoms with Gasteiger partial charge in [0.25, 0.3) is 10.0 Å². The molecule has 4 aromatic carbocycles. The first kappa shape index (κ1) is 35.4. The van der Waals surface area contributed by atoms with Gasteiger partial charge >= 0.3 is 18.1 Å². The highest BCUT2D eigenvalue weighted by atomic mass is 32.2. The second-order valence-electron chi connectivity index (χ2n) is 9.58. The molecular formula is C30H22F3N3O9S3. The molecule has 250 valence electrons. The van der Waals surface area contributed by atoms with Crippen LogP contribution in [0.5, 0.6) is 11.5 Å². The molecule has 1 heterocycles. The number of amidine groups is 1. The summed E-state index contributed by atoms with van der Waals surface area (Å²) < 4.78 is 91.4. The highest BCUT2D eigenvalue weighted by Crippen LogP contribution is 2.33. The number of hydrogen-bond donors (Lipinski definition) is 5. The number of thiophene rings is 1. The second kappa shape index (κ2) is 13.7. The molecule has 0 aliphatic rings. The number of nitrogens with two attached hydrogens (primary N) is 1. The zero-order valence-electron chi connectivity index (χ0n) is 23.9. The minimum atomic E-state index is -5.08. The fourth-order valence-corrected chi connectivity index (χ4v) is 7.91. The normalized spacial score (nSPS) is 11.6. The number of hydrogen-bond acceptors (Lipinski definition) is 9. The first-order chi connectivity index (χ1) is 22.4. The molecule has 0 fully saturated rings. The zero-order chi connectivity index (χ0) is 35.4. The minimum Gasteiger partial charge on any atom is -0.478 e. The lowest BCUT2D eigenvalue weighted by molar-refractivity contribution is -0.192. The first-order valence-corrected chi connectivity index (χ1v) is 16.9. The van der Waals surface area contributed by atoms with Crippen molar-refractivity contribution in [1.82, 2.24) is 0 Å². The number of anilines is 1. The summed E-state index contributed by atoms with van der Waals surface area (Å²) in [4.78, 5) is 20.8. The average Bonchev–Trinajstić information content (AvgIpc) is 3.54.